The number of esters is 2. The van der Waals surface area contributed by atoms with Crippen molar-refractivity contribution in [2.45, 2.75) is 124 Å². The van der Waals surface area contributed by atoms with Crippen molar-refractivity contribution in [3.63, 3.8) is 0 Å². The fourth-order valence-corrected chi connectivity index (χ4v) is 12.0. The molecule has 42 heavy (non-hydrogen) atoms. The number of hydrogen-bond acceptors (Lipinski definition) is 5. The van der Waals surface area contributed by atoms with Gasteiger partial charge in [0.05, 0.1) is 24.5 Å². The van der Waals surface area contributed by atoms with Gasteiger partial charge < -0.3 is 14.6 Å². The van der Waals surface area contributed by atoms with E-state index in [1.54, 1.807) is 0 Å². The van der Waals surface area contributed by atoms with Crippen molar-refractivity contribution >= 4 is 27.9 Å². The average molecular weight is 648 g/mol. The maximum Gasteiger partial charge on any atom is 0.312 e. The highest BCUT2D eigenvalue weighted by Gasteiger charge is 2.74. The summed E-state index contributed by atoms with van der Waals surface area (Å²) in [5, 5.41) is 12.7. The summed E-state index contributed by atoms with van der Waals surface area (Å²) in [6, 6.07) is 0. The van der Waals surface area contributed by atoms with Crippen LogP contribution in [-0.2, 0) is 19.1 Å². The fourth-order valence-electron chi connectivity index (χ4n) is 11.6. The van der Waals surface area contributed by atoms with E-state index in [0.29, 0.717) is 6.61 Å². The van der Waals surface area contributed by atoms with E-state index in [1.807, 2.05) is 0 Å². The second-order valence-corrected chi connectivity index (χ2v) is 16.4. The van der Waals surface area contributed by atoms with Crippen molar-refractivity contribution in [1.82, 2.24) is 0 Å². The maximum atomic E-state index is 14.1. The SMILES string of the molecule is C=C(C)[C@@H]1CC[C@]2(C(=O)OCCCCCCBr)CC[C@]3(C)[C@H](C[C@H]4OC(=O)C[C@@H](O)[C@]5(C)[C@@H]4[C@@]3(C)CC[C@H]5C(=C)C)[C@@H]12. The minimum absolute atomic E-state index is 0.00446. The first-order valence-corrected chi connectivity index (χ1v) is 17.8. The monoisotopic (exact) mass is 646 g/mol. The van der Waals surface area contributed by atoms with E-state index in [0.717, 1.165) is 87.1 Å². The molecule has 4 saturated carbocycles. The molecule has 0 bridgehead atoms. The van der Waals surface area contributed by atoms with Crippen molar-refractivity contribution in [1.29, 1.82) is 0 Å². The van der Waals surface area contributed by atoms with Crippen molar-refractivity contribution in [2.24, 2.45) is 51.2 Å². The Hall–Kier alpha value is -1.14. The predicted molar refractivity (Wildman–Crippen MR) is 170 cm³/mol. The van der Waals surface area contributed by atoms with E-state index in [9.17, 15) is 14.7 Å². The van der Waals surface area contributed by atoms with Gasteiger partial charge in [0.15, 0.2) is 0 Å². The van der Waals surface area contributed by atoms with E-state index >= 15 is 0 Å². The van der Waals surface area contributed by atoms with Crippen LogP contribution < -0.4 is 0 Å². The average Bonchev–Trinajstić information content (AvgIpc) is 3.28. The topological polar surface area (TPSA) is 72.8 Å². The van der Waals surface area contributed by atoms with Crippen molar-refractivity contribution in [2.75, 3.05) is 11.9 Å². The zero-order valence-electron chi connectivity index (χ0n) is 26.8. The Morgan fingerprint density at radius 1 is 1.00 bits per heavy atom. The van der Waals surface area contributed by atoms with Gasteiger partial charge in [-0.2, -0.15) is 0 Å². The molecule has 1 N–H and O–H groups in total. The number of carbonyl (C=O) groups is 2. The molecule has 1 heterocycles. The Morgan fingerprint density at radius 2 is 1.71 bits per heavy atom. The smallest absolute Gasteiger partial charge is 0.312 e. The highest BCUT2D eigenvalue weighted by atomic mass is 79.9. The lowest BCUT2D eigenvalue weighted by molar-refractivity contribution is -0.260. The van der Waals surface area contributed by atoms with Crippen molar-refractivity contribution in [3.05, 3.63) is 24.3 Å². The zero-order valence-corrected chi connectivity index (χ0v) is 28.4. The molecule has 0 aromatic rings. The molecular formula is C36H55BrO5. The number of carbonyl (C=O) groups excluding carboxylic acids is 2. The molecule has 0 unspecified atom stereocenters. The number of hydrogen-bond donors (Lipinski definition) is 1. The summed E-state index contributed by atoms with van der Waals surface area (Å²) in [5.41, 5.74) is 1.04. The lowest BCUT2D eigenvalue weighted by atomic mass is 9.33. The third kappa shape index (κ3) is 4.70. The lowest BCUT2D eigenvalue weighted by Gasteiger charge is -2.71. The summed E-state index contributed by atoms with van der Waals surface area (Å²) in [5.74, 6) is 0.475. The summed E-state index contributed by atoms with van der Waals surface area (Å²) < 4.78 is 12.5. The van der Waals surface area contributed by atoms with Crippen LogP contribution in [0.4, 0.5) is 0 Å². The van der Waals surface area contributed by atoms with E-state index in [2.05, 4.69) is 63.7 Å². The summed E-state index contributed by atoms with van der Waals surface area (Å²) >= 11 is 3.50. The van der Waals surface area contributed by atoms with Gasteiger partial charge in [0.1, 0.15) is 6.10 Å². The second kappa shape index (κ2) is 11.7. The Labute approximate surface area is 262 Å². The Balaban J connectivity index is 1.53. The molecule has 5 rings (SSSR count). The Morgan fingerprint density at radius 3 is 2.38 bits per heavy atom. The van der Waals surface area contributed by atoms with Crippen LogP contribution in [0.25, 0.3) is 0 Å². The molecule has 6 heteroatoms. The molecule has 0 amide bonds. The van der Waals surface area contributed by atoms with Gasteiger partial charge in [-0.05, 0) is 106 Å². The highest BCUT2D eigenvalue weighted by molar-refractivity contribution is 9.09. The number of fused-ring (bicyclic) bond motifs is 4. The number of halogens is 1. The van der Waals surface area contributed by atoms with Crippen LogP contribution in [0, 0.1) is 51.2 Å². The van der Waals surface area contributed by atoms with Crippen molar-refractivity contribution in [3.8, 4) is 0 Å². The summed E-state index contributed by atoms with van der Waals surface area (Å²) in [6.45, 7) is 20.6. The van der Waals surface area contributed by atoms with Crippen LogP contribution in [0.2, 0.25) is 0 Å². The predicted octanol–water partition coefficient (Wildman–Crippen LogP) is 8.18. The van der Waals surface area contributed by atoms with Gasteiger partial charge in [0.25, 0.3) is 0 Å². The number of unbranched alkanes of at least 4 members (excludes halogenated alkanes) is 3. The number of aliphatic hydroxyl groups is 1. The minimum Gasteiger partial charge on any atom is -0.465 e. The van der Waals surface area contributed by atoms with Crippen LogP contribution in [0.15, 0.2) is 24.3 Å². The van der Waals surface area contributed by atoms with Crippen LogP contribution in [0.1, 0.15) is 112 Å². The molecule has 5 fully saturated rings. The molecule has 0 spiro atoms. The Kier molecular flexibility index (Phi) is 8.95. The summed E-state index contributed by atoms with van der Waals surface area (Å²) in [4.78, 5) is 27.3. The molecule has 1 aliphatic heterocycles. The molecule has 1 saturated heterocycles. The molecule has 5 nitrogen and oxygen atoms in total. The highest BCUT2D eigenvalue weighted by Crippen LogP contribution is 2.77. The lowest BCUT2D eigenvalue weighted by Crippen LogP contribution is -2.69. The maximum absolute atomic E-state index is 14.1. The van der Waals surface area contributed by atoms with Crippen LogP contribution in [0.5, 0.6) is 0 Å². The van der Waals surface area contributed by atoms with Crippen molar-refractivity contribution < 1.29 is 24.2 Å². The third-order valence-electron chi connectivity index (χ3n) is 13.8. The second-order valence-electron chi connectivity index (χ2n) is 15.6. The molecule has 0 aromatic heterocycles. The van der Waals surface area contributed by atoms with Gasteiger partial charge in [-0.3, -0.25) is 9.59 Å². The first kappa shape index (κ1) is 32.3. The first-order chi connectivity index (χ1) is 19.8. The molecule has 0 radical (unpaired) electrons. The van der Waals surface area contributed by atoms with E-state index < -0.39 is 16.9 Å². The van der Waals surface area contributed by atoms with Crippen LogP contribution >= 0.6 is 15.9 Å². The third-order valence-corrected chi connectivity index (χ3v) is 14.4. The molecule has 236 valence electrons. The van der Waals surface area contributed by atoms with E-state index in [1.165, 1.54) is 0 Å². The number of allylic oxidation sites excluding steroid dienone is 2. The number of aliphatic hydroxyl groups excluding tert-OH is 1. The molecule has 5 aliphatic rings. The number of ether oxygens (including phenoxy) is 2. The summed E-state index contributed by atoms with van der Waals surface area (Å²) in [6.07, 6.45) is 9.59. The fraction of sp³-hybridized carbons (Fsp3) is 0.833. The number of rotatable bonds is 9. The minimum atomic E-state index is -0.761. The van der Waals surface area contributed by atoms with Gasteiger partial charge in [0.2, 0.25) is 0 Å². The molecule has 0 aromatic carbocycles. The quantitative estimate of drug-likeness (QED) is 0.118. The normalized spacial score (nSPS) is 46.0. The standard InChI is InChI=1S/C36H55BrO5/c1-22(2)24-12-15-36(32(40)41-19-11-9-8-10-18-37)17-16-33(5)26(30(24)36)20-27-31-34(33,6)14-13-25(23(3)4)35(31,7)28(38)21-29(39)42-27/h24-28,30-31,38H,1,3,8-21H2,2,4-7H3/t24-,25-,26+,27+,28+,30+,31-,33+,34+,35+,36-/m0/s1. The van der Waals surface area contributed by atoms with E-state index in [4.69, 9.17) is 9.47 Å². The van der Waals surface area contributed by atoms with Gasteiger partial charge >= 0.3 is 11.9 Å². The Bertz CT molecular complexity index is 1100. The van der Waals surface area contributed by atoms with Crippen LogP contribution in [0.3, 0.4) is 0 Å². The molecular weight excluding hydrogens is 592 g/mol. The van der Waals surface area contributed by atoms with E-state index in [-0.39, 0.29) is 64.9 Å². The van der Waals surface area contributed by atoms with Crippen LogP contribution in [-0.4, -0.2) is 41.2 Å². The zero-order chi connectivity index (χ0) is 30.7. The number of alkyl halides is 1. The largest absolute Gasteiger partial charge is 0.465 e. The molecule has 4 aliphatic carbocycles. The molecule has 11 atom stereocenters. The van der Waals surface area contributed by atoms with Gasteiger partial charge in [-0.1, -0.05) is 73.8 Å². The summed E-state index contributed by atoms with van der Waals surface area (Å²) in [7, 11) is 0. The first-order valence-electron chi connectivity index (χ1n) is 16.7. The van der Waals surface area contributed by atoms with Gasteiger partial charge in [0, 0.05) is 16.7 Å². The van der Waals surface area contributed by atoms with Gasteiger partial charge in [-0.25, -0.2) is 0 Å². The van der Waals surface area contributed by atoms with Gasteiger partial charge in [-0.15, -0.1) is 0 Å².